The maximum Gasteiger partial charge on any atom is 0.416 e. The minimum Gasteiger partial charge on any atom is -0.378 e. The molecule has 5 rings (SSSR count). The minimum absolute atomic E-state index is 0.00696. The zero-order valence-electron chi connectivity index (χ0n) is 14.5. The molecule has 1 N–H and O–H groups in total. The van der Waals surface area contributed by atoms with Gasteiger partial charge in [-0.05, 0) is 52.4 Å². The van der Waals surface area contributed by atoms with Crippen molar-refractivity contribution in [2.75, 3.05) is 5.32 Å². The Balaban J connectivity index is 1.63. The summed E-state index contributed by atoms with van der Waals surface area (Å²) in [4.78, 5) is 0. The number of nitrogens with one attached hydrogen (secondary N) is 1. The highest BCUT2D eigenvalue weighted by Gasteiger charge is 2.40. The Morgan fingerprint density at radius 1 is 0.889 bits per heavy atom. The van der Waals surface area contributed by atoms with Crippen LogP contribution in [0, 0.1) is 5.92 Å². The zero-order valence-corrected chi connectivity index (χ0v) is 14.5. The highest BCUT2D eigenvalue weighted by molar-refractivity contribution is 5.86. The van der Waals surface area contributed by atoms with Crippen LogP contribution in [0.1, 0.15) is 35.1 Å². The molecular weight excluding hydrogens is 347 g/mol. The molecule has 3 aromatic rings. The maximum absolute atomic E-state index is 13.2. The van der Waals surface area contributed by atoms with Crippen molar-refractivity contribution in [2.45, 2.75) is 24.6 Å². The fourth-order valence-corrected chi connectivity index (χ4v) is 4.60. The van der Waals surface area contributed by atoms with Gasteiger partial charge in [-0.2, -0.15) is 13.2 Å². The lowest BCUT2D eigenvalue weighted by atomic mass is 9.76. The van der Waals surface area contributed by atoms with Gasteiger partial charge in [0.1, 0.15) is 0 Å². The average Bonchev–Trinajstić information content (AvgIpc) is 3.16. The summed E-state index contributed by atoms with van der Waals surface area (Å²) in [5, 5.41) is 5.92. The lowest BCUT2D eigenvalue weighted by Gasteiger charge is -2.38. The Morgan fingerprint density at radius 3 is 2.56 bits per heavy atom. The summed E-state index contributed by atoms with van der Waals surface area (Å²) in [5.41, 5.74) is 2.18. The van der Waals surface area contributed by atoms with Crippen LogP contribution in [-0.2, 0) is 6.18 Å². The topological polar surface area (TPSA) is 12.0 Å². The number of rotatable bonds is 1. The van der Waals surface area contributed by atoms with E-state index in [2.05, 4.69) is 47.8 Å². The van der Waals surface area contributed by atoms with Crippen LogP contribution in [0.5, 0.6) is 0 Å². The van der Waals surface area contributed by atoms with Crippen molar-refractivity contribution in [1.29, 1.82) is 0 Å². The van der Waals surface area contributed by atoms with Gasteiger partial charge in [-0.1, -0.05) is 54.6 Å². The molecule has 27 heavy (non-hydrogen) atoms. The molecule has 0 radical (unpaired) electrons. The largest absolute Gasteiger partial charge is 0.416 e. The van der Waals surface area contributed by atoms with E-state index in [9.17, 15) is 13.2 Å². The molecule has 0 unspecified atom stereocenters. The van der Waals surface area contributed by atoms with Crippen LogP contribution < -0.4 is 5.32 Å². The number of anilines is 1. The fraction of sp³-hybridized carbons (Fsp3) is 0.217. The number of allylic oxidation sites excluding steroid dienone is 2. The van der Waals surface area contributed by atoms with Crippen molar-refractivity contribution in [3.8, 4) is 0 Å². The zero-order chi connectivity index (χ0) is 18.6. The summed E-state index contributed by atoms with van der Waals surface area (Å²) in [6.45, 7) is 0. The van der Waals surface area contributed by atoms with Gasteiger partial charge in [-0.15, -0.1) is 0 Å². The van der Waals surface area contributed by atoms with Gasteiger partial charge in [0.25, 0.3) is 0 Å². The molecule has 1 aliphatic carbocycles. The molecule has 4 heteroatoms. The first kappa shape index (κ1) is 16.4. The number of hydrogen-bond donors (Lipinski definition) is 1. The van der Waals surface area contributed by atoms with E-state index < -0.39 is 11.7 Å². The van der Waals surface area contributed by atoms with Crippen molar-refractivity contribution in [2.24, 2.45) is 5.92 Å². The second-order valence-corrected chi connectivity index (χ2v) is 7.34. The van der Waals surface area contributed by atoms with Gasteiger partial charge >= 0.3 is 6.18 Å². The predicted octanol–water partition coefficient (Wildman–Crippen LogP) is 6.69. The third-order valence-corrected chi connectivity index (χ3v) is 5.85. The third kappa shape index (κ3) is 2.62. The van der Waals surface area contributed by atoms with Crippen molar-refractivity contribution < 1.29 is 13.2 Å². The molecule has 0 bridgehead atoms. The molecule has 0 spiro atoms. The number of alkyl halides is 3. The Kier molecular flexibility index (Phi) is 3.58. The van der Waals surface area contributed by atoms with Gasteiger partial charge in [0.05, 0.1) is 11.6 Å². The second kappa shape index (κ2) is 5.88. The van der Waals surface area contributed by atoms with Crippen LogP contribution in [-0.4, -0.2) is 0 Å². The van der Waals surface area contributed by atoms with Gasteiger partial charge in [-0.3, -0.25) is 0 Å². The normalized spacial score (nSPS) is 23.7. The smallest absolute Gasteiger partial charge is 0.378 e. The van der Waals surface area contributed by atoms with E-state index in [1.807, 2.05) is 12.1 Å². The van der Waals surface area contributed by atoms with Crippen LogP contribution in [0.25, 0.3) is 10.8 Å². The Hall–Kier alpha value is -2.75. The summed E-state index contributed by atoms with van der Waals surface area (Å²) in [5.74, 6) is 0.222. The van der Waals surface area contributed by atoms with Gasteiger partial charge < -0.3 is 5.32 Å². The van der Waals surface area contributed by atoms with E-state index in [1.54, 1.807) is 6.07 Å². The van der Waals surface area contributed by atoms with E-state index in [-0.39, 0.29) is 17.9 Å². The van der Waals surface area contributed by atoms with Gasteiger partial charge in [0.15, 0.2) is 0 Å². The molecule has 0 fully saturated rings. The fourth-order valence-electron chi connectivity index (χ4n) is 4.60. The number of halogens is 3. The van der Waals surface area contributed by atoms with Gasteiger partial charge in [-0.25, -0.2) is 0 Å². The molecule has 3 aromatic carbocycles. The standard InChI is InChI=1S/C23H18F3N/c24-23(25,26)15-11-12-21-20(13-15)17-8-4-10-19(17)22(27-21)18-9-3-6-14-5-1-2-7-16(14)18/h1-9,11-13,17,19,22,27H,10H2/t17-,19-,22+/m1/s1. The van der Waals surface area contributed by atoms with Crippen LogP contribution in [0.15, 0.2) is 72.8 Å². The Morgan fingerprint density at radius 2 is 1.70 bits per heavy atom. The first-order chi connectivity index (χ1) is 13.0. The third-order valence-electron chi connectivity index (χ3n) is 5.85. The Bertz CT molecular complexity index is 1050. The van der Waals surface area contributed by atoms with Crippen LogP contribution in [0.2, 0.25) is 0 Å². The van der Waals surface area contributed by atoms with Gasteiger partial charge in [0.2, 0.25) is 0 Å². The van der Waals surface area contributed by atoms with Crippen molar-refractivity contribution in [3.63, 3.8) is 0 Å². The molecule has 136 valence electrons. The monoisotopic (exact) mass is 365 g/mol. The average molecular weight is 365 g/mol. The van der Waals surface area contributed by atoms with E-state index in [1.165, 1.54) is 28.5 Å². The van der Waals surface area contributed by atoms with Crippen LogP contribution >= 0.6 is 0 Å². The first-order valence-corrected chi connectivity index (χ1v) is 9.14. The molecular formula is C23H18F3N. The summed E-state index contributed by atoms with van der Waals surface area (Å²) in [6.07, 6.45) is 0.716. The van der Waals surface area contributed by atoms with Crippen LogP contribution in [0.4, 0.5) is 18.9 Å². The van der Waals surface area contributed by atoms with E-state index >= 15 is 0 Å². The lowest BCUT2D eigenvalue weighted by molar-refractivity contribution is -0.137. The first-order valence-electron chi connectivity index (χ1n) is 9.14. The highest BCUT2D eigenvalue weighted by atomic mass is 19.4. The van der Waals surface area contributed by atoms with Crippen molar-refractivity contribution >= 4 is 16.5 Å². The molecule has 3 atom stereocenters. The molecule has 0 saturated heterocycles. The number of benzene rings is 3. The molecule has 0 aromatic heterocycles. The maximum atomic E-state index is 13.2. The van der Waals surface area contributed by atoms with Crippen molar-refractivity contribution in [3.05, 3.63) is 89.5 Å². The van der Waals surface area contributed by atoms with E-state index in [4.69, 9.17) is 0 Å². The predicted molar refractivity (Wildman–Crippen MR) is 102 cm³/mol. The van der Waals surface area contributed by atoms with E-state index in [0.29, 0.717) is 0 Å². The molecule has 1 heterocycles. The second-order valence-electron chi connectivity index (χ2n) is 7.34. The summed E-state index contributed by atoms with van der Waals surface area (Å²) < 4.78 is 39.5. The number of hydrogen-bond acceptors (Lipinski definition) is 1. The summed E-state index contributed by atoms with van der Waals surface area (Å²) >= 11 is 0. The van der Waals surface area contributed by atoms with Gasteiger partial charge in [0, 0.05) is 11.6 Å². The quantitative estimate of drug-likeness (QED) is 0.474. The molecule has 1 aliphatic heterocycles. The van der Waals surface area contributed by atoms with E-state index in [0.717, 1.165) is 17.7 Å². The summed E-state index contributed by atoms with van der Waals surface area (Å²) in [7, 11) is 0. The SMILES string of the molecule is FC(F)(F)c1ccc2c(c1)[C@@H]1C=CC[C@H]1[C@H](c1cccc3ccccc13)N2. The summed E-state index contributed by atoms with van der Waals surface area (Å²) in [6, 6.07) is 18.7. The highest BCUT2D eigenvalue weighted by Crippen LogP contribution is 2.51. The van der Waals surface area contributed by atoms with Crippen LogP contribution in [0.3, 0.4) is 0 Å². The molecule has 0 amide bonds. The Labute approximate surface area is 155 Å². The lowest BCUT2D eigenvalue weighted by Crippen LogP contribution is -2.29. The number of fused-ring (bicyclic) bond motifs is 4. The molecule has 2 aliphatic rings. The molecule has 0 saturated carbocycles. The molecule has 1 nitrogen and oxygen atoms in total. The minimum atomic E-state index is -4.32. The van der Waals surface area contributed by atoms with Crippen molar-refractivity contribution in [1.82, 2.24) is 0 Å².